The van der Waals surface area contributed by atoms with Crippen molar-refractivity contribution < 1.29 is 13.9 Å². The summed E-state index contributed by atoms with van der Waals surface area (Å²) in [7, 11) is 1.92. The molecule has 6 heteroatoms. The second-order valence-corrected chi connectivity index (χ2v) is 5.53. The van der Waals surface area contributed by atoms with E-state index in [1.165, 1.54) is 18.2 Å². The maximum Gasteiger partial charge on any atom is 0.238 e. The molecular formula is C15H22FN3O2. The zero-order valence-corrected chi connectivity index (χ0v) is 12.3. The van der Waals surface area contributed by atoms with Crippen LogP contribution in [-0.4, -0.2) is 44.2 Å². The zero-order chi connectivity index (χ0) is 15.2. The Morgan fingerprint density at radius 1 is 1.48 bits per heavy atom. The highest BCUT2D eigenvalue weighted by atomic mass is 19.1. The average molecular weight is 295 g/mol. The third kappa shape index (κ3) is 4.99. The van der Waals surface area contributed by atoms with Gasteiger partial charge in [-0.15, -0.1) is 0 Å². The van der Waals surface area contributed by atoms with Gasteiger partial charge in [0.05, 0.1) is 17.9 Å². The Bertz CT molecular complexity index is 490. The quantitative estimate of drug-likeness (QED) is 0.811. The number of hydrogen-bond donors (Lipinski definition) is 2. The minimum atomic E-state index is -0.415. The highest BCUT2D eigenvalue weighted by molar-refractivity contribution is 5.95. The van der Waals surface area contributed by atoms with Crippen LogP contribution < -0.4 is 11.1 Å². The van der Waals surface area contributed by atoms with Gasteiger partial charge in [0.25, 0.3) is 0 Å². The Hall–Kier alpha value is -1.66. The number of likely N-dealkylation sites (N-methyl/N-ethyl adjacent to an activating group) is 1. The minimum absolute atomic E-state index is 0.150. The lowest BCUT2D eigenvalue weighted by Gasteiger charge is -2.26. The molecule has 3 N–H and O–H groups in total. The molecular weight excluding hydrogens is 273 g/mol. The van der Waals surface area contributed by atoms with Crippen molar-refractivity contribution in [2.75, 3.05) is 44.4 Å². The summed E-state index contributed by atoms with van der Waals surface area (Å²) in [6, 6.07) is 3.94. The fraction of sp³-hybridized carbons (Fsp3) is 0.533. The van der Waals surface area contributed by atoms with Gasteiger partial charge in [-0.05, 0) is 44.0 Å². The number of amides is 1. The van der Waals surface area contributed by atoms with Crippen molar-refractivity contribution in [1.82, 2.24) is 4.90 Å². The van der Waals surface area contributed by atoms with E-state index in [4.69, 9.17) is 10.5 Å². The first-order valence-corrected chi connectivity index (χ1v) is 7.16. The highest BCUT2D eigenvalue weighted by Crippen LogP contribution is 2.19. The van der Waals surface area contributed by atoms with Crippen LogP contribution in [0.25, 0.3) is 0 Å². The Morgan fingerprint density at radius 2 is 2.19 bits per heavy atom. The second kappa shape index (κ2) is 7.38. The van der Waals surface area contributed by atoms with E-state index < -0.39 is 5.82 Å². The third-order valence-electron chi connectivity index (χ3n) is 3.61. The molecule has 0 unspecified atom stereocenters. The third-order valence-corrected chi connectivity index (χ3v) is 3.61. The Balaban J connectivity index is 1.80. The number of rotatable bonds is 5. The first-order chi connectivity index (χ1) is 10.0. The number of benzene rings is 1. The summed E-state index contributed by atoms with van der Waals surface area (Å²) in [6.07, 6.45) is 2.08. The van der Waals surface area contributed by atoms with Crippen LogP contribution >= 0.6 is 0 Å². The SMILES string of the molecule is CN(CC(=O)Nc1ccc(F)cc1N)CC1CCOCC1. The number of hydrogen-bond acceptors (Lipinski definition) is 4. The van der Waals surface area contributed by atoms with Crippen molar-refractivity contribution in [3.8, 4) is 0 Å². The molecule has 0 spiro atoms. The molecule has 1 aromatic rings. The molecule has 0 radical (unpaired) electrons. The van der Waals surface area contributed by atoms with Gasteiger partial charge >= 0.3 is 0 Å². The number of carbonyl (C=O) groups is 1. The monoisotopic (exact) mass is 295 g/mol. The number of anilines is 2. The van der Waals surface area contributed by atoms with Crippen molar-refractivity contribution in [2.24, 2.45) is 5.92 Å². The molecule has 0 aromatic heterocycles. The molecule has 1 saturated heterocycles. The van der Waals surface area contributed by atoms with E-state index in [9.17, 15) is 9.18 Å². The molecule has 0 atom stereocenters. The summed E-state index contributed by atoms with van der Waals surface area (Å²) in [6.45, 7) is 2.76. The largest absolute Gasteiger partial charge is 0.397 e. The summed E-state index contributed by atoms with van der Waals surface area (Å²) in [5.41, 5.74) is 6.34. The van der Waals surface area contributed by atoms with Gasteiger partial charge in [-0.1, -0.05) is 0 Å². The Labute approximate surface area is 124 Å². The standard InChI is InChI=1S/C15H22FN3O2/c1-19(9-11-4-6-21-7-5-11)10-15(20)18-14-3-2-12(16)8-13(14)17/h2-3,8,11H,4-7,9-10,17H2,1H3,(H,18,20). The highest BCUT2D eigenvalue weighted by Gasteiger charge is 2.17. The lowest BCUT2D eigenvalue weighted by molar-refractivity contribution is -0.117. The van der Waals surface area contributed by atoms with E-state index in [0.29, 0.717) is 11.6 Å². The number of ether oxygens (including phenoxy) is 1. The van der Waals surface area contributed by atoms with E-state index in [1.54, 1.807) is 0 Å². The Morgan fingerprint density at radius 3 is 2.86 bits per heavy atom. The van der Waals surface area contributed by atoms with Crippen LogP contribution in [0.4, 0.5) is 15.8 Å². The summed E-state index contributed by atoms with van der Waals surface area (Å²) < 4.78 is 18.3. The van der Waals surface area contributed by atoms with Crippen LogP contribution in [-0.2, 0) is 9.53 Å². The van der Waals surface area contributed by atoms with Gasteiger partial charge in [0.1, 0.15) is 5.82 Å². The zero-order valence-electron chi connectivity index (χ0n) is 12.3. The fourth-order valence-electron chi connectivity index (χ4n) is 2.52. The number of nitrogens with one attached hydrogen (secondary N) is 1. The molecule has 0 aliphatic carbocycles. The maximum atomic E-state index is 12.9. The average Bonchev–Trinajstić information content (AvgIpc) is 2.43. The molecule has 1 amide bonds. The lowest BCUT2D eigenvalue weighted by Crippen LogP contribution is -2.35. The maximum absolute atomic E-state index is 12.9. The van der Waals surface area contributed by atoms with Crippen LogP contribution in [0.15, 0.2) is 18.2 Å². The number of carbonyl (C=O) groups excluding carboxylic acids is 1. The molecule has 1 aromatic carbocycles. The van der Waals surface area contributed by atoms with Gasteiger partial charge in [-0.3, -0.25) is 9.69 Å². The summed E-state index contributed by atoms with van der Waals surface area (Å²) >= 11 is 0. The molecule has 2 rings (SSSR count). The smallest absolute Gasteiger partial charge is 0.238 e. The number of nitrogens with two attached hydrogens (primary N) is 1. The van der Waals surface area contributed by atoms with E-state index in [2.05, 4.69) is 5.32 Å². The summed E-state index contributed by atoms with van der Waals surface area (Å²) in [5, 5.41) is 2.71. The normalized spacial score (nSPS) is 16.1. The molecule has 0 bridgehead atoms. The van der Waals surface area contributed by atoms with E-state index in [1.807, 2.05) is 11.9 Å². The predicted octanol–water partition coefficient (Wildman–Crippen LogP) is 1.70. The first-order valence-electron chi connectivity index (χ1n) is 7.16. The number of halogens is 1. The van der Waals surface area contributed by atoms with Gasteiger partial charge in [0.2, 0.25) is 5.91 Å². The van der Waals surface area contributed by atoms with Crippen LogP contribution in [0.2, 0.25) is 0 Å². The van der Waals surface area contributed by atoms with Crippen LogP contribution in [0.1, 0.15) is 12.8 Å². The van der Waals surface area contributed by atoms with E-state index in [-0.39, 0.29) is 18.1 Å². The van der Waals surface area contributed by atoms with Crippen molar-refractivity contribution in [3.63, 3.8) is 0 Å². The Kier molecular flexibility index (Phi) is 5.52. The van der Waals surface area contributed by atoms with Gasteiger partial charge < -0.3 is 15.8 Å². The molecule has 116 valence electrons. The topological polar surface area (TPSA) is 67.6 Å². The number of nitrogens with zero attached hydrogens (tertiary/aromatic N) is 1. The van der Waals surface area contributed by atoms with E-state index in [0.717, 1.165) is 32.6 Å². The van der Waals surface area contributed by atoms with Crippen molar-refractivity contribution in [1.29, 1.82) is 0 Å². The van der Waals surface area contributed by atoms with Crippen molar-refractivity contribution in [2.45, 2.75) is 12.8 Å². The van der Waals surface area contributed by atoms with Crippen molar-refractivity contribution >= 4 is 17.3 Å². The van der Waals surface area contributed by atoms with E-state index >= 15 is 0 Å². The molecule has 5 nitrogen and oxygen atoms in total. The second-order valence-electron chi connectivity index (χ2n) is 5.53. The first kappa shape index (κ1) is 15.7. The van der Waals surface area contributed by atoms with Gasteiger partial charge in [-0.2, -0.15) is 0 Å². The van der Waals surface area contributed by atoms with Crippen LogP contribution in [0, 0.1) is 11.7 Å². The van der Waals surface area contributed by atoms with Gasteiger partial charge in [0.15, 0.2) is 0 Å². The van der Waals surface area contributed by atoms with Gasteiger partial charge in [0, 0.05) is 19.8 Å². The number of nitrogen functional groups attached to an aromatic ring is 1. The minimum Gasteiger partial charge on any atom is -0.397 e. The molecule has 1 aliphatic heterocycles. The van der Waals surface area contributed by atoms with Crippen LogP contribution in [0.5, 0.6) is 0 Å². The molecule has 1 aliphatic rings. The molecule has 21 heavy (non-hydrogen) atoms. The summed E-state index contributed by atoms with van der Waals surface area (Å²) in [5.74, 6) is 0.0115. The molecule has 0 saturated carbocycles. The van der Waals surface area contributed by atoms with Gasteiger partial charge in [-0.25, -0.2) is 4.39 Å². The summed E-state index contributed by atoms with van der Waals surface area (Å²) in [4.78, 5) is 14.0. The lowest BCUT2D eigenvalue weighted by atomic mass is 10.00. The predicted molar refractivity (Wildman–Crippen MR) is 80.5 cm³/mol. The molecule has 1 heterocycles. The van der Waals surface area contributed by atoms with Crippen molar-refractivity contribution in [3.05, 3.63) is 24.0 Å². The van der Waals surface area contributed by atoms with Crippen LogP contribution in [0.3, 0.4) is 0 Å². The molecule has 1 fully saturated rings. The fourth-order valence-corrected chi connectivity index (χ4v) is 2.52.